The summed E-state index contributed by atoms with van der Waals surface area (Å²) >= 11 is 0. The maximum Gasteiger partial charge on any atom is 0.126 e. The van der Waals surface area contributed by atoms with Crippen LogP contribution in [0, 0.1) is 0 Å². The van der Waals surface area contributed by atoms with E-state index in [1.54, 1.807) is 20.4 Å². The average Bonchev–Trinajstić information content (AvgIpc) is 1.88. The zero-order chi connectivity index (χ0) is 7.11. The topological polar surface area (TPSA) is 33.6 Å². The maximum atomic E-state index is 4.81. The zero-order valence-electron chi connectivity index (χ0n) is 5.85. The normalized spacial score (nSPS) is 11.1. The third kappa shape index (κ3) is 3.73. The van der Waals surface area contributed by atoms with E-state index in [9.17, 15) is 0 Å². The molecule has 0 amide bonds. The highest BCUT2D eigenvalue weighted by Crippen LogP contribution is 1.72. The Labute approximate surface area is 55.4 Å². The molecule has 0 aromatic heterocycles. The number of rotatable bonds is 3. The lowest BCUT2D eigenvalue weighted by molar-refractivity contribution is 0.243. The molecule has 0 saturated carbocycles. The SMILES string of the molecule is C=CNC(COC)=NC. The van der Waals surface area contributed by atoms with Gasteiger partial charge < -0.3 is 10.1 Å². The molecule has 0 unspecified atom stereocenters. The van der Waals surface area contributed by atoms with Crippen LogP contribution in [0.25, 0.3) is 0 Å². The number of hydrogen-bond donors (Lipinski definition) is 1. The van der Waals surface area contributed by atoms with Gasteiger partial charge in [-0.2, -0.15) is 0 Å². The molecule has 0 spiro atoms. The van der Waals surface area contributed by atoms with Gasteiger partial charge in [-0.15, -0.1) is 0 Å². The molecule has 0 aliphatic carbocycles. The second-order valence-corrected chi connectivity index (χ2v) is 1.45. The first-order chi connectivity index (χ1) is 4.35. The number of nitrogens with zero attached hydrogens (tertiary/aromatic N) is 1. The monoisotopic (exact) mass is 128 g/mol. The minimum atomic E-state index is 0.503. The molecule has 0 radical (unpaired) electrons. The molecule has 3 nitrogen and oxygen atoms in total. The van der Waals surface area contributed by atoms with Gasteiger partial charge >= 0.3 is 0 Å². The van der Waals surface area contributed by atoms with E-state index in [1.807, 2.05) is 0 Å². The third-order valence-electron chi connectivity index (χ3n) is 0.820. The van der Waals surface area contributed by atoms with E-state index in [0.717, 1.165) is 5.84 Å². The second-order valence-electron chi connectivity index (χ2n) is 1.45. The number of nitrogens with one attached hydrogen (secondary N) is 1. The molecule has 1 N–H and O–H groups in total. The molecule has 0 saturated heterocycles. The first-order valence-corrected chi connectivity index (χ1v) is 2.67. The summed E-state index contributed by atoms with van der Waals surface area (Å²) in [5.41, 5.74) is 0. The Morgan fingerprint density at radius 2 is 2.56 bits per heavy atom. The highest BCUT2D eigenvalue weighted by Gasteiger charge is 1.89. The molecule has 0 aliphatic rings. The predicted molar refractivity (Wildman–Crippen MR) is 38.6 cm³/mol. The molecule has 0 rings (SSSR count). The van der Waals surface area contributed by atoms with Crippen molar-refractivity contribution in [2.45, 2.75) is 0 Å². The number of ether oxygens (including phenoxy) is 1. The smallest absolute Gasteiger partial charge is 0.126 e. The predicted octanol–water partition coefficient (Wildman–Crippen LogP) is 0.394. The van der Waals surface area contributed by atoms with Crippen LogP contribution in [0.4, 0.5) is 0 Å². The molecular weight excluding hydrogens is 116 g/mol. The molecule has 0 aromatic rings. The van der Waals surface area contributed by atoms with Crippen LogP contribution < -0.4 is 5.32 Å². The van der Waals surface area contributed by atoms with Crippen LogP contribution in [-0.2, 0) is 4.74 Å². The lowest BCUT2D eigenvalue weighted by Gasteiger charge is -2.01. The van der Waals surface area contributed by atoms with Gasteiger partial charge in [0.2, 0.25) is 0 Å². The summed E-state index contributed by atoms with van der Waals surface area (Å²) in [5.74, 6) is 0.785. The lowest BCUT2D eigenvalue weighted by Crippen LogP contribution is -2.21. The highest BCUT2D eigenvalue weighted by atomic mass is 16.5. The van der Waals surface area contributed by atoms with Gasteiger partial charge in [0.25, 0.3) is 0 Å². The van der Waals surface area contributed by atoms with Crippen molar-refractivity contribution in [2.75, 3.05) is 20.8 Å². The van der Waals surface area contributed by atoms with E-state index in [0.29, 0.717) is 6.61 Å². The van der Waals surface area contributed by atoms with E-state index in [4.69, 9.17) is 4.74 Å². The van der Waals surface area contributed by atoms with Crippen LogP contribution in [0.2, 0.25) is 0 Å². The van der Waals surface area contributed by atoms with Crippen LogP contribution in [0.1, 0.15) is 0 Å². The van der Waals surface area contributed by atoms with Crippen molar-refractivity contribution >= 4 is 5.84 Å². The van der Waals surface area contributed by atoms with Crippen molar-refractivity contribution < 1.29 is 4.74 Å². The van der Waals surface area contributed by atoms with E-state index in [1.165, 1.54) is 0 Å². The van der Waals surface area contributed by atoms with E-state index in [-0.39, 0.29) is 0 Å². The average molecular weight is 128 g/mol. The van der Waals surface area contributed by atoms with Crippen molar-refractivity contribution in [2.24, 2.45) is 4.99 Å². The molecular formula is C6H12N2O. The maximum absolute atomic E-state index is 4.81. The first-order valence-electron chi connectivity index (χ1n) is 2.67. The fourth-order valence-electron chi connectivity index (χ4n) is 0.425. The Morgan fingerprint density at radius 3 is 2.89 bits per heavy atom. The Kier molecular flexibility index (Phi) is 4.82. The van der Waals surface area contributed by atoms with Crippen molar-refractivity contribution in [1.82, 2.24) is 5.32 Å². The van der Waals surface area contributed by atoms with Crippen LogP contribution in [0.3, 0.4) is 0 Å². The fourth-order valence-corrected chi connectivity index (χ4v) is 0.425. The standard InChI is InChI=1S/C6H12N2O/c1-4-8-6(7-2)5-9-3/h4H,1,5H2,2-3H3,(H,7,8). The van der Waals surface area contributed by atoms with Crippen LogP contribution >= 0.6 is 0 Å². The summed E-state index contributed by atoms with van der Waals surface area (Å²) in [6.07, 6.45) is 1.57. The number of aliphatic imine (C=N–C) groups is 1. The third-order valence-corrected chi connectivity index (χ3v) is 0.820. The quantitative estimate of drug-likeness (QED) is 0.440. The summed E-state index contributed by atoms with van der Waals surface area (Å²) in [7, 11) is 3.32. The number of amidine groups is 1. The Morgan fingerprint density at radius 1 is 1.89 bits per heavy atom. The number of methoxy groups -OCH3 is 1. The van der Waals surface area contributed by atoms with Gasteiger partial charge in [-0.3, -0.25) is 4.99 Å². The second kappa shape index (κ2) is 5.31. The van der Waals surface area contributed by atoms with Crippen molar-refractivity contribution in [3.05, 3.63) is 12.8 Å². The van der Waals surface area contributed by atoms with Gasteiger partial charge in [-0.25, -0.2) is 0 Å². The van der Waals surface area contributed by atoms with Gasteiger partial charge in [-0.1, -0.05) is 6.58 Å². The van der Waals surface area contributed by atoms with Gasteiger partial charge in [-0.05, 0) is 6.20 Å². The molecule has 3 heteroatoms. The fraction of sp³-hybridized carbons (Fsp3) is 0.500. The molecule has 9 heavy (non-hydrogen) atoms. The Bertz CT molecular complexity index is 110. The lowest BCUT2D eigenvalue weighted by atomic mass is 10.6. The largest absolute Gasteiger partial charge is 0.377 e. The molecule has 0 fully saturated rings. The summed E-state index contributed by atoms with van der Waals surface area (Å²) in [6.45, 7) is 3.99. The summed E-state index contributed by atoms with van der Waals surface area (Å²) in [6, 6.07) is 0. The van der Waals surface area contributed by atoms with Crippen LogP contribution in [0.5, 0.6) is 0 Å². The summed E-state index contributed by atoms with van der Waals surface area (Å²) in [5, 5.41) is 2.82. The van der Waals surface area contributed by atoms with E-state index < -0.39 is 0 Å². The van der Waals surface area contributed by atoms with Gasteiger partial charge in [0, 0.05) is 14.2 Å². The van der Waals surface area contributed by atoms with E-state index in [2.05, 4.69) is 16.9 Å². The molecule has 0 heterocycles. The van der Waals surface area contributed by atoms with Crippen LogP contribution in [-0.4, -0.2) is 26.6 Å². The Balaban J connectivity index is 3.55. The number of hydrogen-bond acceptors (Lipinski definition) is 2. The highest BCUT2D eigenvalue weighted by molar-refractivity contribution is 5.83. The molecule has 0 atom stereocenters. The molecule has 52 valence electrons. The summed E-state index contributed by atoms with van der Waals surface area (Å²) < 4.78 is 4.81. The zero-order valence-corrected chi connectivity index (χ0v) is 5.85. The molecule has 0 aliphatic heterocycles. The van der Waals surface area contributed by atoms with Crippen LogP contribution in [0.15, 0.2) is 17.8 Å². The first kappa shape index (κ1) is 8.17. The van der Waals surface area contributed by atoms with E-state index >= 15 is 0 Å². The summed E-state index contributed by atoms with van der Waals surface area (Å²) in [4.78, 5) is 3.88. The molecule has 0 bridgehead atoms. The van der Waals surface area contributed by atoms with Crippen molar-refractivity contribution in [3.8, 4) is 0 Å². The Hall–Kier alpha value is -0.830. The minimum absolute atomic E-state index is 0.503. The van der Waals surface area contributed by atoms with Crippen molar-refractivity contribution in [3.63, 3.8) is 0 Å². The minimum Gasteiger partial charge on any atom is -0.377 e. The van der Waals surface area contributed by atoms with Crippen molar-refractivity contribution in [1.29, 1.82) is 0 Å². The van der Waals surface area contributed by atoms with Gasteiger partial charge in [0.15, 0.2) is 0 Å². The van der Waals surface area contributed by atoms with Gasteiger partial charge in [0.1, 0.15) is 12.4 Å². The molecule has 0 aromatic carbocycles. The van der Waals surface area contributed by atoms with Gasteiger partial charge in [0.05, 0.1) is 0 Å².